The van der Waals surface area contributed by atoms with Crippen molar-refractivity contribution in [3.63, 3.8) is 0 Å². The van der Waals surface area contributed by atoms with Gasteiger partial charge in [0.05, 0.1) is 24.3 Å². The van der Waals surface area contributed by atoms with E-state index in [9.17, 15) is 9.59 Å². The predicted molar refractivity (Wildman–Crippen MR) is 77.0 cm³/mol. The summed E-state index contributed by atoms with van der Waals surface area (Å²) in [6.45, 7) is 3.67. The van der Waals surface area contributed by atoms with Gasteiger partial charge in [0.25, 0.3) is 0 Å². The summed E-state index contributed by atoms with van der Waals surface area (Å²) in [7, 11) is 0. The number of rotatable bonds is 4. The van der Waals surface area contributed by atoms with Crippen LogP contribution in [0.1, 0.15) is 30.1 Å². The van der Waals surface area contributed by atoms with Crippen LogP contribution in [0.15, 0.2) is 24.3 Å². The van der Waals surface area contributed by atoms with Crippen LogP contribution in [-0.4, -0.2) is 42.4 Å². The van der Waals surface area contributed by atoms with Crippen LogP contribution >= 0.6 is 11.6 Å². The van der Waals surface area contributed by atoms with E-state index in [1.54, 1.807) is 29.2 Å². The molecule has 1 atom stereocenters. The Kier molecular flexibility index (Phi) is 5.15. The number of morpholine rings is 1. The van der Waals surface area contributed by atoms with Crippen molar-refractivity contribution in [3.8, 4) is 0 Å². The van der Waals surface area contributed by atoms with Gasteiger partial charge in [-0.1, -0.05) is 23.7 Å². The van der Waals surface area contributed by atoms with E-state index in [1.165, 1.54) is 0 Å². The molecule has 0 bridgehead atoms. The molecule has 0 spiro atoms. The molecule has 5 heteroatoms. The molecule has 20 heavy (non-hydrogen) atoms. The van der Waals surface area contributed by atoms with Gasteiger partial charge < -0.3 is 9.64 Å². The van der Waals surface area contributed by atoms with E-state index >= 15 is 0 Å². The molecule has 1 unspecified atom stereocenters. The number of nitrogens with zero attached hydrogens (tertiary/aromatic N) is 1. The van der Waals surface area contributed by atoms with E-state index in [-0.39, 0.29) is 30.6 Å². The maximum atomic E-state index is 12.1. The highest BCUT2D eigenvalue weighted by Gasteiger charge is 2.24. The second-order valence-corrected chi connectivity index (χ2v) is 5.32. The largest absolute Gasteiger partial charge is 0.377 e. The Balaban J connectivity index is 1.90. The third-order valence-electron chi connectivity index (χ3n) is 3.43. The molecule has 2 rings (SSSR count). The molecule has 1 aliphatic heterocycles. The summed E-state index contributed by atoms with van der Waals surface area (Å²) in [5, 5.41) is 0.435. The summed E-state index contributed by atoms with van der Waals surface area (Å²) in [5.74, 6) is -0.0916. The molecule has 0 N–H and O–H groups in total. The minimum Gasteiger partial charge on any atom is -0.377 e. The molecule has 108 valence electrons. The van der Waals surface area contributed by atoms with Crippen LogP contribution in [0, 0.1) is 0 Å². The van der Waals surface area contributed by atoms with Crippen molar-refractivity contribution in [2.75, 3.05) is 19.8 Å². The number of hydrogen-bond donors (Lipinski definition) is 0. The lowest BCUT2D eigenvalue weighted by molar-refractivity contribution is -0.139. The van der Waals surface area contributed by atoms with Crippen LogP contribution in [0.25, 0.3) is 0 Å². The van der Waals surface area contributed by atoms with Gasteiger partial charge in [-0.2, -0.15) is 0 Å². The van der Waals surface area contributed by atoms with Crippen LogP contribution in [0.4, 0.5) is 0 Å². The highest BCUT2D eigenvalue weighted by molar-refractivity contribution is 6.34. The average Bonchev–Trinajstić information content (AvgIpc) is 2.45. The molecule has 0 saturated carbocycles. The third-order valence-corrected chi connectivity index (χ3v) is 3.76. The zero-order chi connectivity index (χ0) is 14.5. The van der Waals surface area contributed by atoms with E-state index < -0.39 is 0 Å². The molecule has 0 radical (unpaired) electrons. The molecule has 0 aliphatic carbocycles. The van der Waals surface area contributed by atoms with Gasteiger partial charge >= 0.3 is 0 Å². The molecule has 1 amide bonds. The van der Waals surface area contributed by atoms with Crippen LogP contribution in [0.2, 0.25) is 5.02 Å². The minimum atomic E-state index is -0.0927. The lowest BCUT2D eigenvalue weighted by Crippen LogP contribution is -2.47. The first-order valence-electron chi connectivity index (χ1n) is 6.74. The maximum absolute atomic E-state index is 12.1. The lowest BCUT2D eigenvalue weighted by Gasteiger charge is -2.33. The highest BCUT2D eigenvalue weighted by atomic mass is 35.5. The topological polar surface area (TPSA) is 46.6 Å². The van der Waals surface area contributed by atoms with Gasteiger partial charge in [0.15, 0.2) is 5.78 Å². The molecular formula is C15H18ClNO3. The van der Waals surface area contributed by atoms with Crippen molar-refractivity contribution in [3.05, 3.63) is 34.9 Å². The average molecular weight is 296 g/mol. The molecule has 1 fully saturated rings. The number of halogens is 1. The van der Waals surface area contributed by atoms with Gasteiger partial charge in [0.1, 0.15) is 0 Å². The van der Waals surface area contributed by atoms with Crippen LogP contribution in [0.3, 0.4) is 0 Å². The fraction of sp³-hybridized carbons (Fsp3) is 0.467. The Morgan fingerprint density at radius 3 is 2.80 bits per heavy atom. The van der Waals surface area contributed by atoms with Gasteiger partial charge in [0.2, 0.25) is 5.91 Å². The maximum Gasteiger partial charge on any atom is 0.223 e. The zero-order valence-electron chi connectivity index (χ0n) is 11.5. The normalized spacial score (nSPS) is 18.9. The summed E-state index contributed by atoms with van der Waals surface area (Å²) in [6, 6.07) is 6.99. The van der Waals surface area contributed by atoms with Gasteiger partial charge in [0, 0.05) is 24.9 Å². The van der Waals surface area contributed by atoms with E-state index in [4.69, 9.17) is 16.3 Å². The summed E-state index contributed by atoms with van der Waals surface area (Å²) in [4.78, 5) is 25.9. The molecule has 1 aromatic carbocycles. The number of carbonyl (C=O) groups is 2. The number of Topliss-reactive ketones (excluding diaryl/α,β-unsaturated/α-hetero) is 1. The Labute approximate surface area is 123 Å². The van der Waals surface area contributed by atoms with Gasteiger partial charge in [-0.05, 0) is 19.1 Å². The zero-order valence-corrected chi connectivity index (χ0v) is 12.2. The van der Waals surface area contributed by atoms with E-state index in [2.05, 4.69) is 0 Å². The quantitative estimate of drug-likeness (QED) is 0.802. The van der Waals surface area contributed by atoms with Gasteiger partial charge in [-0.3, -0.25) is 9.59 Å². The van der Waals surface area contributed by atoms with Crippen molar-refractivity contribution < 1.29 is 14.3 Å². The summed E-state index contributed by atoms with van der Waals surface area (Å²) < 4.78 is 5.29. The molecule has 1 heterocycles. The van der Waals surface area contributed by atoms with Gasteiger partial charge in [-0.15, -0.1) is 0 Å². The van der Waals surface area contributed by atoms with E-state index in [0.29, 0.717) is 30.3 Å². The van der Waals surface area contributed by atoms with Crippen LogP contribution < -0.4 is 0 Å². The Morgan fingerprint density at radius 2 is 2.10 bits per heavy atom. The summed E-state index contributed by atoms with van der Waals surface area (Å²) in [6.07, 6.45) is 0.404. The summed E-state index contributed by atoms with van der Waals surface area (Å²) in [5.41, 5.74) is 0.483. The van der Waals surface area contributed by atoms with Crippen molar-refractivity contribution in [2.45, 2.75) is 25.8 Å². The van der Waals surface area contributed by atoms with E-state index in [1.807, 2.05) is 6.92 Å². The first-order valence-corrected chi connectivity index (χ1v) is 7.12. The Hall–Kier alpha value is -1.39. The highest BCUT2D eigenvalue weighted by Crippen LogP contribution is 2.18. The molecule has 4 nitrogen and oxygen atoms in total. The van der Waals surface area contributed by atoms with Crippen molar-refractivity contribution in [2.24, 2.45) is 0 Å². The minimum absolute atomic E-state index is 0.00111. The number of ether oxygens (including phenoxy) is 1. The first kappa shape index (κ1) is 15.0. The van der Waals surface area contributed by atoms with Crippen molar-refractivity contribution in [1.82, 2.24) is 4.90 Å². The fourth-order valence-corrected chi connectivity index (χ4v) is 2.52. The Morgan fingerprint density at radius 1 is 1.35 bits per heavy atom. The van der Waals surface area contributed by atoms with Crippen LogP contribution in [-0.2, 0) is 9.53 Å². The number of amides is 1. The lowest BCUT2D eigenvalue weighted by atomic mass is 10.1. The molecule has 1 saturated heterocycles. The SMILES string of the molecule is CC1COCCN1C(=O)CCC(=O)c1ccccc1Cl. The fourth-order valence-electron chi connectivity index (χ4n) is 2.28. The molecule has 1 aliphatic rings. The molecule has 0 aromatic heterocycles. The standard InChI is InChI=1S/C15H18ClNO3/c1-11-10-20-9-8-17(11)15(19)7-6-14(18)12-4-2-3-5-13(12)16/h2-5,11H,6-10H2,1H3. The number of benzene rings is 1. The number of ketones is 1. The second-order valence-electron chi connectivity index (χ2n) is 4.91. The third kappa shape index (κ3) is 3.58. The van der Waals surface area contributed by atoms with E-state index in [0.717, 1.165) is 0 Å². The van der Waals surface area contributed by atoms with Gasteiger partial charge in [-0.25, -0.2) is 0 Å². The molecule has 1 aromatic rings. The van der Waals surface area contributed by atoms with Crippen LogP contribution in [0.5, 0.6) is 0 Å². The summed E-state index contributed by atoms with van der Waals surface area (Å²) >= 11 is 5.97. The Bertz CT molecular complexity index is 504. The second kappa shape index (κ2) is 6.86. The number of hydrogen-bond acceptors (Lipinski definition) is 3. The number of carbonyl (C=O) groups excluding carboxylic acids is 2. The van der Waals surface area contributed by atoms with Crippen molar-refractivity contribution in [1.29, 1.82) is 0 Å². The first-order chi connectivity index (χ1) is 9.59. The smallest absolute Gasteiger partial charge is 0.223 e. The van der Waals surface area contributed by atoms with Crippen molar-refractivity contribution >= 4 is 23.3 Å². The molecular weight excluding hydrogens is 278 g/mol. The monoisotopic (exact) mass is 295 g/mol. The predicted octanol–water partition coefficient (Wildman–Crippen LogP) is 2.55.